The van der Waals surface area contributed by atoms with Crippen LogP contribution in [0.5, 0.6) is 0 Å². The maximum Gasteiger partial charge on any atom is 0.246 e. The molecule has 4 rings (SSSR count). The summed E-state index contributed by atoms with van der Waals surface area (Å²) in [6.07, 6.45) is 2.12. The second-order valence-electron chi connectivity index (χ2n) is 6.05. The Kier molecular flexibility index (Phi) is 5.51. The van der Waals surface area contributed by atoms with Crippen molar-refractivity contribution in [2.24, 2.45) is 5.10 Å². The zero-order valence-electron chi connectivity index (χ0n) is 14.9. The van der Waals surface area contributed by atoms with E-state index >= 15 is 0 Å². The van der Waals surface area contributed by atoms with Crippen molar-refractivity contribution in [2.45, 2.75) is 13.3 Å². The molecule has 0 unspecified atom stereocenters. The van der Waals surface area contributed by atoms with Gasteiger partial charge in [0, 0.05) is 33.9 Å². The van der Waals surface area contributed by atoms with E-state index in [1.165, 1.54) is 23.1 Å². The zero-order valence-corrected chi connectivity index (χ0v) is 18.1. The van der Waals surface area contributed by atoms with Crippen LogP contribution in [0.3, 0.4) is 0 Å². The van der Waals surface area contributed by atoms with Gasteiger partial charge in [-0.3, -0.25) is 18.9 Å². The molecule has 1 fully saturated rings. The van der Waals surface area contributed by atoms with Gasteiger partial charge in [-0.2, -0.15) is 0 Å². The number of amides is 2. The third-order valence-corrected chi connectivity index (χ3v) is 6.59. The van der Waals surface area contributed by atoms with Crippen LogP contribution < -0.4 is 5.43 Å². The molecule has 0 atom stereocenters. The molecule has 28 heavy (non-hydrogen) atoms. The van der Waals surface area contributed by atoms with E-state index in [0.717, 1.165) is 26.4 Å². The van der Waals surface area contributed by atoms with Gasteiger partial charge in [0.1, 0.15) is 0 Å². The number of halogens is 1. The molecule has 1 N–H and O–H groups in total. The molecule has 1 aromatic carbocycles. The molecule has 0 bridgehead atoms. The van der Waals surface area contributed by atoms with Crippen LogP contribution in [-0.4, -0.2) is 43.6 Å². The van der Waals surface area contributed by atoms with E-state index in [9.17, 15) is 9.59 Å². The SMILES string of the molecule is CCN1C(=O)CS/C1=N\NC(=O)Cc1csc2nc(-c3ccc(Br)cc3)cn12. The molecule has 3 heterocycles. The number of thiazole rings is 1. The van der Waals surface area contributed by atoms with Crippen LogP contribution in [-0.2, 0) is 16.0 Å². The number of benzene rings is 1. The fourth-order valence-corrected chi connectivity index (χ4v) is 4.87. The van der Waals surface area contributed by atoms with Gasteiger partial charge in [0.25, 0.3) is 0 Å². The number of imidazole rings is 1. The molecule has 0 radical (unpaired) electrons. The predicted molar refractivity (Wildman–Crippen MR) is 115 cm³/mol. The number of hydrogen-bond acceptors (Lipinski definition) is 6. The van der Waals surface area contributed by atoms with Crippen molar-refractivity contribution in [3.63, 3.8) is 0 Å². The van der Waals surface area contributed by atoms with E-state index in [0.29, 0.717) is 17.5 Å². The smallest absolute Gasteiger partial charge is 0.246 e. The summed E-state index contributed by atoms with van der Waals surface area (Å²) >= 11 is 6.26. The summed E-state index contributed by atoms with van der Waals surface area (Å²) < 4.78 is 2.95. The number of nitrogens with zero attached hydrogens (tertiary/aromatic N) is 4. The number of thioether (sulfide) groups is 1. The van der Waals surface area contributed by atoms with Crippen molar-refractivity contribution in [3.05, 3.63) is 46.0 Å². The number of hydrazone groups is 1. The van der Waals surface area contributed by atoms with Gasteiger partial charge in [0.15, 0.2) is 10.1 Å². The van der Waals surface area contributed by atoms with Crippen LogP contribution in [0.1, 0.15) is 12.6 Å². The summed E-state index contributed by atoms with van der Waals surface area (Å²) in [5.41, 5.74) is 5.28. The Morgan fingerprint density at radius 1 is 1.36 bits per heavy atom. The fourth-order valence-electron chi connectivity index (χ4n) is 2.82. The minimum atomic E-state index is -0.234. The third kappa shape index (κ3) is 3.85. The maximum absolute atomic E-state index is 12.3. The lowest BCUT2D eigenvalue weighted by atomic mass is 10.2. The molecule has 1 aliphatic rings. The monoisotopic (exact) mass is 477 g/mol. The van der Waals surface area contributed by atoms with Crippen molar-refractivity contribution in [1.29, 1.82) is 0 Å². The first-order valence-corrected chi connectivity index (χ1v) is 11.2. The molecule has 1 saturated heterocycles. The van der Waals surface area contributed by atoms with Crippen LogP contribution in [0.2, 0.25) is 0 Å². The Hall–Kier alpha value is -2.17. The van der Waals surface area contributed by atoms with Crippen molar-refractivity contribution < 1.29 is 9.59 Å². The number of carbonyl (C=O) groups is 2. The highest BCUT2D eigenvalue weighted by Crippen LogP contribution is 2.25. The van der Waals surface area contributed by atoms with Gasteiger partial charge in [0.2, 0.25) is 11.8 Å². The average molecular weight is 478 g/mol. The van der Waals surface area contributed by atoms with Gasteiger partial charge in [-0.15, -0.1) is 16.4 Å². The highest BCUT2D eigenvalue weighted by atomic mass is 79.9. The van der Waals surface area contributed by atoms with Crippen LogP contribution in [0, 0.1) is 0 Å². The molecule has 0 aliphatic carbocycles. The second kappa shape index (κ2) is 8.06. The summed E-state index contributed by atoms with van der Waals surface area (Å²) in [5.74, 6) is 0.141. The van der Waals surface area contributed by atoms with Gasteiger partial charge in [-0.25, -0.2) is 10.4 Å². The number of fused-ring (bicyclic) bond motifs is 1. The summed E-state index contributed by atoms with van der Waals surface area (Å²) in [5, 5.41) is 6.57. The zero-order chi connectivity index (χ0) is 19.7. The van der Waals surface area contributed by atoms with E-state index in [-0.39, 0.29) is 18.2 Å². The molecule has 2 aromatic heterocycles. The van der Waals surface area contributed by atoms with Gasteiger partial charge in [-0.1, -0.05) is 39.8 Å². The largest absolute Gasteiger partial charge is 0.294 e. The highest BCUT2D eigenvalue weighted by Gasteiger charge is 2.26. The number of amidine groups is 1. The summed E-state index contributed by atoms with van der Waals surface area (Å²) in [4.78, 5) is 31.1. The highest BCUT2D eigenvalue weighted by molar-refractivity contribution is 9.10. The van der Waals surface area contributed by atoms with E-state index < -0.39 is 0 Å². The molecule has 0 saturated carbocycles. The number of aromatic nitrogens is 2. The van der Waals surface area contributed by atoms with Crippen LogP contribution in [0.25, 0.3) is 16.2 Å². The summed E-state index contributed by atoms with van der Waals surface area (Å²) in [7, 11) is 0. The maximum atomic E-state index is 12.3. The van der Waals surface area contributed by atoms with Gasteiger partial charge < -0.3 is 0 Å². The van der Waals surface area contributed by atoms with Crippen molar-refractivity contribution >= 4 is 61.0 Å². The van der Waals surface area contributed by atoms with Gasteiger partial charge >= 0.3 is 0 Å². The Balaban J connectivity index is 1.48. The van der Waals surface area contributed by atoms with E-state index in [4.69, 9.17) is 0 Å². The topological polar surface area (TPSA) is 79.1 Å². The molecular formula is C18H16BrN5O2S2. The Labute approximate surface area is 178 Å². The molecule has 144 valence electrons. The second-order valence-corrected chi connectivity index (χ2v) is 8.74. The lowest BCUT2D eigenvalue weighted by Crippen LogP contribution is -2.31. The third-order valence-electron chi connectivity index (χ3n) is 4.21. The predicted octanol–water partition coefficient (Wildman–Crippen LogP) is 3.35. The molecule has 1 aliphatic heterocycles. The van der Waals surface area contributed by atoms with E-state index in [1.54, 1.807) is 4.90 Å². The van der Waals surface area contributed by atoms with Gasteiger partial charge in [-0.05, 0) is 19.1 Å². The number of hydrogen-bond donors (Lipinski definition) is 1. The van der Waals surface area contributed by atoms with Crippen molar-refractivity contribution in [3.8, 4) is 11.3 Å². The van der Waals surface area contributed by atoms with Crippen LogP contribution >= 0.6 is 39.0 Å². The Morgan fingerprint density at radius 3 is 2.89 bits per heavy atom. The molecule has 2 amide bonds. The summed E-state index contributed by atoms with van der Waals surface area (Å²) in [6, 6.07) is 7.95. The molecule has 3 aromatic rings. The number of carbonyl (C=O) groups excluding carboxylic acids is 2. The lowest BCUT2D eigenvalue weighted by Gasteiger charge is -2.12. The number of nitrogens with one attached hydrogen (secondary N) is 1. The van der Waals surface area contributed by atoms with Crippen LogP contribution in [0.15, 0.2) is 45.4 Å². The first-order chi connectivity index (χ1) is 13.5. The minimum Gasteiger partial charge on any atom is -0.294 e. The normalized spacial score (nSPS) is 15.7. The molecule has 10 heteroatoms. The Morgan fingerprint density at radius 2 is 2.14 bits per heavy atom. The molecular weight excluding hydrogens is 462 g/mol. The van der Waals surface area contributed by atoms with Crippen molar-refractivity contribution in [1.82, 2.24) is 19.7 Å². The quantitative estimate of drug-likeness (QED) is 0.571. The lowest BCUT2D eigenvalue weighted by molar-refractivity contribution is -0.124. The average Bonchev–Trinajstić information content (AvgIpc) is 3.36. The van der Waals surface area contributed by atoms with Crippen LogP contribution in [0.4, 0.5) is 0 Å². The minimum absolute atomic E-state index is 0.0129. The first-order valence-electron chi connectivity index (χ1n) is 8.56. The standard InChI is InChI=1S/C18H16BrN5O2S2/c1-2-23-16(26)10-28-18(23)22-21-15(25)7-13-9-27-17-20-14(8-24(13)17)11-3-5-12(19)6-4-11/h3-6,8-9H,2,7,10H2,1H3,(H,21,25)/b22-18-. The van der Waals surface area contributed by atoms with E-state index in [2.05, 4.69) is 31.4 Å². The number of rotatable bonds is 5. The molecule has 7 nitrogen and oxygen atoms in total. The fraction of sp³-hybridized carbons (Fsp3) is 0.222. The first kappa shape index (κ1) is 19.2. The Bertz CT molecular complexity index is 1070. The summed E-state index contributed by atoms with van der Waals surface area (Å²) in [6.45, 7) is 2.42. The van der Waals surface area contributed by atoms with Crippen molar-refractivity contribution in [2.75, 3.05) is 12.3 Å². The van der Waals surface area contributed by atoms with E-state index in [1.807, 2.05) is 47.2 Å². The van der Waals surface area contributed by atoms with Gasteiger partial charge in [0.05, 0.1) is 17.9 Å². The molecule has 0 spiro atoms.